The van der Waals surface area contributed by atoms with Gasteiger partial charge in [0, 0.05) is 48.7 Å². The largest absolute Gasteiger partial charge is 0.378 e. The summed E-state index contributed by atoms with van der Waals surface area (Å²) in [7, 11) is -9.92. The Bertz CT molecular complexity index is 2780. The fourth-order valence-corrected chi connectivity index (χ4v) is 8.16. The van der Waals surface area contributed by atoms with E-state index in [0.717, 1.165) is 0 Å². The van der Waals surface area contributed by atoms with E-state index in [4.69, 9.17) is 19.5 Å². The van der Waals surface area contributed by atoms with E-state index in [1.165, 1.54) is 48.5 Å². The van der Waals surface area contributed by atoms with E-state index in [2.05, 4.69) is 40.9 Å². The van der Waals surface area contributed by atoms with Crippen molar-refractivity contribution in [1.82, 2.24) is 29.9 Å². The molecule has 4 heterocycles. The number of hydrogen-bond donors (Lipinski definition) is 5. The number of rotatable bonds is 14. The molecule has 0 bridgehead atoms. The molecule has 0 saturated carbocycles. The van der Waals surface area contributed by atoms with E-state index in [0.29, 0.717) is 64.0 Å². The van der Waals surface area contributed by atoms with Gasteiger partial charge in [0.25, 0.3) is 26.2 Å². The summed E-state index contributed by atoms with van der Waals surface area (Å²) in [6.45, 7) is 3.38. The fourth-order valence-electron chi connectivity index (χ4n) is 6.72. The van der Waals surface area contributed by atoms with Gasteiger partial charge in [-0.3, -0.25) is 9.11 Å². The Labute approximate surface area is 356 Å². The van der Waals surface area contributed by atoms with Crippen molar-refractivity contribution in [2.24, 2.45) is 4.99 Å². The molecule has 2 aliphatic rings. The first-order chi connectivity index (χ1) is 30.0. The Morgan fingerprint density at radius 2 is 1.03 bits per heavy atom. The van der Waals surface area contributed by atoms with Crippen molar-refractivity contribution in [1.29, 1.82) is 0 Å². The minimum Gasteiger partial charge on any atom is -0.378 e. The zero-order chi connectivity index (χ0) is 43.1. The summed E-state index contributed by atoms with van der Waals surface area (Å²) in [4.78, 5) is 35.6. The monoisotopic (exact) mass is 880 g/mol. The number of aliphatic imine (C=N–C) groups is 1. The molecule has 0 aliphatic carbocycles. The van der Waals surface area contributed by atoms with Gasteiger partial charge in [-0.05, 0) is 36.4 Å². The molecule has 2 aromatic heterocycles. The second kappa shape index (κ2) is 18.5. The third kappa shape index (κ3) is 10.2. The Balaban J connectivity index is 1.37. The van der Waals surface area contributed by atoms with Crippen molar-refractivity contribution >= 4 is 73.0 Å². The molecular weight excluding hydrogens is 841 g/mol. The highest BCUT2D eigenvalue weighted by Crippen LogP contribution is 2.33. The molecule has 20 nitrogen and oxygen atoms in total. The summed E-state index contributed by atoms with van der Waals surface area (Å²) in [6.07, 6.45) is 0. The van der Waals surface area contributed by atoms with Gasteiger partial charge in [-0.15, -0.1) is 0 Å². The highest BCUT2D eigenvalue weighted by molar-refractivity contribution is 7.86. The lowest BCUT2D eigenvalue weighted by molar-refractivity contribution is 0.122. The summed E-state index contributed by atoms with van der Waals surface area (Å²) < 4.78 is 84.9. The Hall–Kier alpha value is -6.69. The first-order valence-corrected chi connectivity index (χ1v) is 22.2. The second-order valence-electron chi connectivity index (χ2n) is 13.8. The van der Waals surface area contributed by atoms with E-state index in [9.17, 15) is 25.9 Å². The minimum absolute atomic E-state index is 0.0842. The van der Waals surface area contributed by atoms with Crippen LogP contribution < -0.4 is 25.8 Å². The van der Waals surface area contributed by atoms with Crippen LogP contribution in [0.4, 0.5) is 47.1 Å². The minimum atomic E-state index is -4.97. The molecule has 5 N–H and O–H groups in total. The molecule has 8 rings (SSSR count). The summed E-state index contributed by atoms with van der Waals surface area (Å²) in [5, 5.41) is 9.53. The summed E-state index contributed by atoms with van der Waals surface area (Å²) in [5.74, 6) is 0.316. The lowest BCUT2D eigenvalue weighted by Crippen LogP contribution is -2.37. The third-order valence-corrected chi connectivity index (χ3v) is 11.4. The molecule has 320 valence electrons. The quantitative estimate of drug-likeness (QED) is 0.0734. The predicted molar refractivity (Wildman–Crippen MR) is 230 cm³/mol. The van der Waals surface area contributed by atoms with Crippen LogP contribution >= 0.6 is 0 Å². The summed E-state index contributed by atoms with van der Waals surface area (Å²) in [5.41, 5.74) is 0.806. The molecule has 6 aromatic rings. The maximum Gasteiger partial charge on any atom is 0.295 e. The smallest absolute Gasteiger partial charge is 0.295 e. The molecule has 0 radical (unpaired) electrons. The van der Waals surface area contributed by atoms with Crippen molar-refractivity contribution in [2.75, 3.05) is 78.4 Å². The Morgan fingerprint density at radius 3 is 1.60 bits per heavy atom. The third-order valence-electron chi connectivity index (χ3n) is 9.60. The molecule has 0 spiro atoms. The van der Waals surface area contributed by atoms with Gasteiger partial charge in [0.2, 0.25) is 29.7 Å². The van der Waals surface area contributed by atoms with Crippen molar-refractivity contribution in [3.05, 3.63) is 120 Å². The molecule has 62 heavy (non-hydrogen) atoms. The van der Waals surface area contributed by atoms with E-state index < -0.39 is 36.1 Å². The molecule has 2 fully saturated rings. The fraction of sp³-hybridized carbons (Fsp3) is 0.225. The molecule has 0 amide bonds. The maximum absolute atomic E-state index is 13.1. The second-order valence-corrected chi connectivity index (χ2v) is 16.6. The van der Waals surface area contributed by atoms with Crippen molar-refractivity contribution in [3.63, 3.8) is 0 Å². The van der Waals surface area contributed by atoms with Crippen molar-refractivity contribution in [3.8, 4) is 0 Å². The number of nitrogens with zero attached hydrogens (tertiary/aromatic N) is 9. The van der Waals surface area contributed by atoms with Gasteiger partial charge in [-0.25, -0.2) is 4.99 Å². The average Bonchev–Trinajstić information content (AvgIpc) is 3.28. The van der Waals surface area contributed by atoms with Crippen LogP contribution in [0.3, 0.4) is 0 Å². The van der Waals surface area contributed by atoms with Gasteiger partial charge >= 0.3 is 0 Å². The number of benzene rings is 4. The molecular formula is C40H40N12O8S2. The highest BCUT2D eigenvalue weighted by atomic mass is 32.2. The first kappa shape index (κ1) is 42.0. The average molecular weight is 881 g/mol. The Morgan fingerprint density at radius 1 is 0.565 bits per heavy atom. The summed E-state index contributed by atoms with van der Waals surface area (Å²) in [6, 6.07) is 27.7. The number of aromatic nitrogens is 6. The summed E-state index contributed by atoms with van der Waals surface area (Å²) >= 11 is 0. The van der Waals surface area contributed by atoms with Crippen LogP contribution in [0.5, 0.6) is 0 Å². The molecule has 1 unspecified atom stereocenters. The van der Waals surface area contributed by atoms with E-state index in [-0.39, 0.29) is 52.5 Å². The molecule has 1 atom stereocenters. The number of nitrogens with one attached hydrogen (secondary N) is 3. The van der Waals surface area contributed by atoms with Crippen LogP contribution in [0.15, 0.2) is 124 Å². The molecule has 2 aliphatic heterocycles. The standard InChI is InChI=1S/C40H40N12O8S2/c53-61(54,55)31-17-9-7-15-29(31)33(43-37-45-35(41-27-11-3-1-4-12-27)47-39(49-37)51-19-23-59-24-20-51)34(30-16-8-10-18-32(30)62(56,57)58)44-38-46-36(42-28-13-5-2-6-14-28)48-40(50-38)52-21-25-60-26-22-52/h1-18,33H,19-26H2,(H,53,54,55)(H,56,57,58)(H,42,46,48,50)(H2,41,43,45,47,49). The number of hydrogen-bond acceptors (Lipinski definition) is 18. The lowest BCUT2D eigenvalue weighted by atomic mass is 9.96. The lowest BCUT2D eigenvalue weighted by Gasteiger charge is -2.28. The SMILES string of the molecule is O=S(=O)(O)c1ccccc1C(=Nc1nc(Nc2ccccc2)nc(N2CCOCC2)n1)C(Nc1nc(Nc2ccccc2)nc(N2CCOCC2)n1)c1ccccc1S(=O)(=O)O. The topological polar surface area (TPSA) is 259 Å². The number of anilines is 7. The number of ether oxygens (including phenoxy) is 2. The van der Waals surface area contributed by atoms with E-state index in [1.54, 1.807) is 0 Å². The predicted octanol–water partition coefficient (Wildman–Crippen LogP) is 4.68. The number of morpholine rings is 2. The van der Waals surface area contributed by atoms with Crippen LogP contribution in [0.1, 0.15) is 17.2 Å². The number of para-hydroxylation sites is 2. The maximum atomic E-state index is 13.1. The van der Waals surface area contributed by atoms with Crippen molar-refractivity contribution < 1.29 is 35.4 Å². The first-order valence-electron chi connectivity index (χ1n) is 19.3. The van der Waals surface area contributed by atoms with Crippen LogP contribution in [0.2, 0.25) is 0 Å². The highest BCUT2D eigenvalue weighted by Gasteiger charge is 2.32. The van der Waals surface area contributed by atoms with Crippen LogP contribution in [-0.2, 0) is 29.7 Å². The molecule has 22 heteroatoms. The van der Waals surface area contributed by atoms with Crippen molar-refractivity contribution in [2.45, 2.75) is 15.8 Å². The van der Waals surface area contributed by atoms with Gasteiger partial charge in [0.15, 0.2) is 0 Å². The van der Waals surface area contributed by atoms with E-state index in [1.807, 2.05) is 70.5 Å². The van der Waals surface area contributed by atoms with Crippen LogP contribution in [0.25, 0.3) is 0 Å². The Kier molecular flexibility index (Phi) is 12.5. The van der Waals surface area contributed by atoms with Gasteiger partial charge in [0.1, 0.15) is 4.90 Å². The van der Waals surface area contributed by atoms with Gasteiger partial charge in [0.05, 0.1) is 43.1 Å². The van der Waals surface area contributed by atoms with Crippen LogP contribution in [-0.4, -0.2) is 114 Å². The van der Waals surface area contributed by atoms with Crippen LogP contribution in [0, 0.1) is 0 Å². The normalized spacial score (nSPS) is 15.5. The van der Waals surface area contributed by atoms with E-state index >= 15 is 0 Å². The molecule has 4 aromatic carbocycles. The van der Waals surface area contributed by atoms with Gasteiger partial charge in [-0.1, -0.05) is 72.8 Å². The molecule has 2 saturated heterocycles. The zero-order valence-electron chi connectivity index (χ0n) is 32.8. The van der Waals surface area contributed by atoms with Gasteiger partial charge < -0.3 is 35.2 Å². The van der Waals surface area contributed by atoms with Gasteiger partial charge in [-0.2, -0.15) is 46.7 Å². The zero-order valence-corrected chi connectivity index (χ0v) is 34.4.